The van der Waals surface area contributed by atoms with Crippen molar-refractivity contribution in [1.82, 2.24) is 18.7 Å². The van der Waals surface area contributed by atoms with Crippen LogP contribution in [0.25, 0.3) is 149 Å². The summed E-state index contributed by atoms with van der Waals surface area (Å²) in [4.78, 5) is 3.38. The Labute approximate surface area is 544 Å². The van der Waals surface area contributed by atoms with Gasteiger partial charge in [0.25, 0.3) is 0 Å². The maximum absolute atomic E-state index is 15.0. The average Bonchev–Trinajstić information content (AvgIpc) is 1.61. The smallest absolute Gasteiger partial charge is 0.178 e. The molecule has 0 fully saturated rings. The molecule has 0 amide bonds. The Morgan fingerprint density at radius 3 is 0.863 bits per heavy atom. The summed E-state index contributed by atoms with van der Waals surface area (Å²) in [6.07, 6.45) is 0. The van der Waals surface area contributed by atoms with Crippen molar-refractivity contribution in [3.63, 3.8) is 0 Å². The van der Waals surface area contributed by atoms with Crippen molar-refractivity contribution in [3.05, 3.63) is 344 Å². The molecule has 0 saturated heterocycles. The van der Waals surface area contributed by atoms with Crippen molar-refractivity contribution in [2.75, 3.05) is 0 Å². The van der Waals surface area contributed by atoms with Crippen molar-refractivity contribution in [1.29, 1.82) is 10.5 Å². The Kier molecular flexibility index (Phi) is 14.5. The van der Waals surface area contributed by atoms with Crippen LogP contribution in [0, 0.1) is 40.1 Å². The Morgan fingerprint density at radius 1 is 0.232 bits per heavy atom. The van der Waals surface area contributed by atoms with Gasteiger partial charge >= 0.3 is 0 Å². The number of nitrogens with one attached hydrogen (secondary N) is 1. The Balaban J connectivity index is 0.000000160. The van der Waals surface area contributed by atoms with Crippen LogP contribution in [-0.4, -0.2) is 18.7 Å². The van der Waals surface area contributed by atoms with Crippen LogP contribution < -0.4 is 0 Å². The molecule has 448 valence electrons. The summed E-state index contributed by atoms with van der Waals surface area (Å²) < 4.78 is 50.8. The zero-order valence-electron chi connectivity index (χ0n) is 50.9. The van der Waals surface area contributed by atoms with Crippen molar-refractivity contribution >= 4 is 87.2 Å². The molecule has 1 N–H and O–H groups in total. The van der Waals surface area contributed by atoms with E-state index < -0.39 is 28.6 Å². The minimum Gasteiger partial charge on any atom is -0.355 e. The molecule has 0 radical (unpaired) electrons. The van der Waals surface area contributed by atoms with E-state index in [0.29, 0.717) is 11.1 Å². The second kappa shape index (κ2) is 24.0. The van der Waals surface area contributed by atoms with Crippen LogP contribution in [0.3, 0.4) is 0 Å². The summed E-state index contributed by atoms with van der Waals surface area (Å²) in [6, 6.07) is 110. The zero-order chi connectivity index (χ0) is 64.1. The molecule has 14 aromatic carbocycles. The summed E-state index contributed by atoms with van der Waals surface area (Å²) in [7, 11) is 0. The molecule has 0 aliphatic heterocycles. The highest BCUT2D eigenvalue weighted by atomic mass is 19.2. The number of benzene rings is 14. The van der Waals surface area contributed by atoms with Gasteiger partial charge in [0.05, 0.1) is 61.3 Å². The third kappa shape index (κ3) is 9.49. The fourth-order valence-electron chi connectivity index (χ4n) is 14.0. The summed E-state index contributed by atoms with van der Waals surface area (Å²) in [5.41, 5.74) is 15.2. The fraction of sp³-hybridized carbons (Fsp3) is 0. The monoisotopic (exact) mass is 1230 g/mol. The molecule has 9 heteroatoms. The van der Waals surface area contributed by atoms with E-state index in [0.717, 1.165) is 105 Å². The molecule has 0 aliphatic rings. The number of hydrogen-bond acceptors (Lipinski definition) is 2. The van der Waals surface area contributed by atoms with Crippen LogP contribution in [0.4, 0.5) is 13.2 Å². The van der Waals surface area contributed by atoms with E-state index in [4.69, 9.17) is 5.26 Å². The third-order valence-corrected chi connectivity index (χ3v) is 18.0. The zero-order valence-corrected chi connectivity index (χ0v) is 50.9. The maximum atomic E-state index is 15.0. The second-order valence-electron chi connectivity index (χ2n) is 23.3. The summed E-state index contributed by atoms with van der Waals surface area (Å²) in [5.74, 6) is -3.64. The molecule has 4 aromatic heterocycles. The topological polar surface area (TPSA) is 78.2 Å². The van der Waals surface area contributed by atoms with Crippen LogP contribution >= 0.6 is 0 Å². The first-order chi connectivity index (χ1) is 46.9. The third-order valence-electron chi connectivity index (χ3n) is 18.0. The van der Waals surface area contributed by atoms with Crippen molar-refractivity contribution < 1.29 is 13.2 Å². The summed E-state index contributed by atoms with van der Waals surface area (Å²) in [6.45, 7) is 0. The predicted octanol–water partition coefficient (Wildman–Crippen LogP) is 22.8. The Hall–Kier alpha value is -13.0. The lowest BCUT2D eigenvalue weighted by atomic mass is 9.88. The summed E-state index contributed by atoms with van der Waals surface area (Å²) >= 11 is 0. The normalized spacial score (nSPS) is 11.3. The molecule has 0 unspecified atom stereocenters. The van der Waals surface area contributed by atoms with E-state index >= 15 is 0 Å². The van der Waals surface area contributed by atoms with Gasteiger partial charge in [-0.25, -0.2) is 13.2 Å². The summed E-state index contributed by atoms with van der Waals surface area (Å²) in [5, 5.41) is 30.7. The SMILES string of the molecule is N#Cc1c(-c2ccccc2)c(-n2c3ccccc3c3ccccc32)c(-c2ccccc2)c(-n2c3ccccc3c3ccccc32)c1-n1c2ccccc2c2ccccc21.N#Cc1c(F)c(F)c(-c2ccccc2)c(F)c1-c1ccccc1.c1ccc2c(c1)[nH]c1ccccc12. The van der Waals surface area contributed by atoms with Gasteiger partial charge in [0.2, 0.25) is 0 Å². The highest BCUT2D eigenvalue weighted by molar-refractivity contribution is 6.16. The van der Waals surface area contributed by atoms with Crippen LogP contribution in [0.5, 0.6) is 0 Å². The van der Waals surface area contributed by atoms with Gasteiger partial charge in [-0.2, -0.15) is 10.5 Å². The van der Waals surface area contributed by atoms with Crippen LogP contribution in [0.15, 0.2) is 315 Å². The number of nitriles is 2. The van der Waals surface area contributed by atoms with Crippen molar-refractivity contribution in [3.8, 4) is 73.7 Å². The van der Waals surface area contributed by atoms with Crippen LogP contribution in [0.2, 0.25) is 0 Å². The molecule has 0 atom stereocenters. The molecule has 18 rings (SSSR count). The van der Waals surface area contributed by atoms with Gasteiger partial charge in [0.15, 0.2) is 11.6 Å². The van der Waals surface area contributed by atoms with Crippen molar-refractivity contribution in [2.45, 2.75) is 0 Å². The lowest BCUT2D eigenvalue weighted by Crippen LogP contribution is -2.13. The largest absolute Gasteiger partial charge is 0.355 e. The highest BCUT2D eigenvalue weighted by Crippen LogP contribution is 2.52. The van der Waals surface area contributed by atoms with Crippen molar-refractivity contribution in [2.24, 2.45) is 0 Å². The predicted molar refractivity (Wildman–Crippen MR) is 383 cm³/mol. The molecule has 4 heterocycles. The van der Waals surface area contributed by atoms with E-state index in [1.807, 2.05) is 6.07 Å². The van der Waals surface area contributed by atoms with Gasteiger partial charge in [0, 0.05) is 70.8 Å². The first-order valence-electron chi connectivity index (χ1n) is 31.3. The molecule has 18 aromatic rings. The number of hydrogen-bond donors (Lipinski definition) is 1. The number of fused-ring (bicyclic) bond motifs is 12. The average molecular weight is 1230 g/mol. The van der Waals surface area contributed by atoms with Gasteiger partial charge < -0.3 is 18.7 Å². The highest BCUT2D eigenvalue weighted by Gasteiger charge is 2.34. The molecule has 0 aliphatic carbocycles. The first kappa shape index (κ1) is 57.2. The second-order valence-corrected chi connectivity index (χ2v) is 23.3. The molecule has 0 saturated carbocycles. The fourth-order valence-corrected chi connectivity index (χ4v) is 14.0. The molecular formula is C86H53F3N6. The lowest BCUT2D eigenvalue weighted by molar-refractivity contribution is 0.497. The van der Waals surface area contributed by atoms with E-state index in [2.05, 4.69) is 273 Å². The lowest BCUT2D eigenvalue weighted by Gasteiger charge is -2.28. The molecular weight excluding hydrogens is 1170 g/mol. The number of para-hydroxylation sites is 8. The number of nitrogens with zero attached hydrogens (tertiary/aromatic N) is 5. The van der Waals surface area contributed by atoms with Gasteiger partial charge in [-0.1, -0.05) is 267 Å². The van der Waals surface area contributed by atoms with Gasteiger partial charge in [-0.15, -0.1) is 0 Å². The van der Waals surface area contributed by atoms with Gasteiger partial charge in [-0.05, 0) is 70.8 Å². The van der Waals surface area contributed by atoms with E-state index in [-0.39, 0.29) is 11.1 Å². The van der Waals surface area contributed by atoms with Crippen LogP contribution in [-0.2, 0) is 0 Å². The Bertz CT molecular complexity index is 5880. The number of rotatable bonds is 7. The molecule has 95 heavy (non-hydrogen) atoms. The quantitative estimate of drug-likeness (QED) is 0.161. The Morgan fingerprint density at radius 2 is 0.505 bits per heavy atom. The van der Waals surface area contributed by atoms with Crippen LogP contribution in [0.1, 0.15) is 11.1 Å². The molecule has 0 bridgehead atoms. The minimum absolute atomic E-state index is 0.211. The van der Waals surface area contributed by atoms with E-state index in [1.54, 1.807) is 54.6 Å². The minimum atomic E-state index is -1.36. The maximum Gasteiger partial charge on any atom is 0.178 e. The number of aromatic amines is 1. The number of H-pyrrole nitrogens is 1. The van der Waals surface area contributed by atoms with Gasteiger partial charge in [0.1, 0.15) is 23.5 Å². The van der Waals surface area contributed by atoms with E-state index in [1.165, 1.54) is 33.9 Å². The number of halogens is 3. The van der Waals surface area contributed by atoms with Gasteiger partial charge in [-0.3, -0.25) is 0 Å². The standard InChI is InChI=1S/C55H34N4.C19H10F3N.C12H9N/c56-35-44-51(36-19-3-1-4-20-36)54(58-47-31-15-9-25-40(47)41-26-10-16-32-48(41)58)52(37-21-5-2-6-22-37)55(59-49-33-17-11-27-42(49)43-28-12-18-34-50(43)59)53(44)57-45-29-13-7-23-38(45)39-24-8-14-30-46(39)57;20-17-14(11-23)15(12-7-3-1-4-8-12)18(21)16(19(17)22)13-9-5-2-6-10-13;1-3-7-11-9(5-1)10-6-2-4-8-12(10)13-11/h1-34H;1-10H;1-8,13H. The molecule has 0 spiro atoms. The molecule has 6 nitrogen and oxygen atoms in total. The number of aromatic nitrogens is 4. The van der Waals surface area contributed by atoms with E-state index in [9.17, 15) is 18.4 Å². The first-order valence-corrected chi connectivity index (χ1v) is 31.3.